The molecule has 0 bridgehead atoms. The maximum atomic E-state index is 4.39. The molecular formula is C9H11IN5+. The lowest BCUT2D eigenvalue weighted by molar-refractivity contribution is -0.459. The van der Waals surface area contributed by atoms with Crippen LogP contribution in [0.3, 0.4) is 0 Å². The van der Waals surface area contributed by atoms with E-state index in [9.17, 15) is 0 Å². The van der Waals surface area contributed by atoms with Gasteiger partial charge in [0.1, 0.15) is 5.52 Å². The SMILES string of the molecule is C[N+](C)=CNc1ncc2[nH]cc(I)c2n1. The molecule has 0 spiro atoms. The average Bonchev–Trinajstić information content (AvgIpc) is 2.57. The Hall–Kier alpha value is -1.18. The van der Waals surface area contributed by atoms with Gasteiger partial charge < -0.3 is 4.98 Å². The van der Waals surface area contributed by atoms with Gasteiger partial charge in [0.05, 0.1) is 29.4 Å². The predicted octanol–water partition coefficient (Wildman–Crippen LogP) is 1.27. The number of aromatic nitrogens is 3. The normalized spacial score (nSPS) is 10.3. The van der Waals surface area contributed by atoms with E-state index < -0.39 is 0 Å². The van der Waals surface area contributed by atoms with Crippen molar-refractivity contribution < 1.29 is 4.58 Å². The average molecular weight is 316 g/mol. The second-order valence-corrected chi connectivity index (χ2v) is 4.49. The Morgan fingerprint density at radius 3 is 3.07 bits per heavy atom. The molecule has 0 aromatic carbocycles. The maximum Gasteiger partial charge on any atom is 0.319 e. The van der Waals surface area contributed by atoms with Crippen molar-refractivity contribution in [2.24, 2.45) is 0 Å². The van der Waals surface area contributed by atoms with E-state index in [1.165, 1.54) is 0 Å². The van der Waals surface area contributed by atoms with Gasteiger partial charge in [-0.05, 0) is 22.6 Å². The smallest absolute Gasteiger partial charge is 0.319 e. The van der Waals surface area contributed by atoms with Crippen molar-refractivity contribution in [3.05, 3.63) is 16.0 Å². The summed E-state index contributed by atoms with van der Waals surface area (Å²) in [6.45, 7) is 0. The van der Waals surface area contributed by atoms with E-state index in [1.54, 1.807) is 12.5 Å². The number of rotatable bonds is 2. The van der Waals surface area contributed by atoms with Gasteiger partial charge in [0.2, 0.25) is 6.34 Å². The molecule has 78 valence electrons. The van der Waals surface area contributed by atoms with Gasteiger partial charge in [0.25, 0.3) is 0 Å². The second kappa shape index (κ2) is 4.13. The van der Waals surface area contributed by atoms with Crippen LogP contribution in [0.4, 0.5) is 5.95 Å². The van der Waals surface area contributed by atoms with E-state index in [0.717, 1.165) is 14.6 Å². The summed E-state index contributed by atoms with van der Waals surface area (Å²) in [6, 6.07) is 0. The van der Waals surface area contributed by atoms with Crippen LogP contribution >= 0.6 is 22.6 Å². The van der Waals surface area contributed by atoms with Crippen LogP contribution in [0.5, 0.6) is 0 Å². The molecule has 0 saturated heterocycles. The molecule has 0 atom stereocenters. The summed E-state index contributed by atoms with van der Waals surface area (Å²) in [5.74, 6) is 0.605. The molecule has 6 heteroatoms. The molecule has 0 aliphatic rings. The van der Waals surface area contributed by atoms with E-state index >= 15 is 0 Å². The fourth-order valence-corrected chi connectivity index (χ4v) is 1.70. The van der Waals surface area contributed by atoms with Gasteiger partial charge in [-0.2, -0.15) is 9.97 Å². The van der Waals surface area contributed by atoms with Crippen molar-refractivity contribution in [2.45, 2.75) is 0 Å². The molecule has 0 unspecified atom stereocenters. The minimum Gasteiger partial charge on any atom is -0.358 e. The molecule has 0 aliphatic heterocycles. The molecule has 0 radical (unpaired) electrons. The number of fused-ring (bicyclic) bond motifs is 1. The fraction of sp³-hybridized carbons (Fsp3) is 0.222. The molecule has 0 fully saturated rings. The van der Waals surface area contributed by atoms with Crippen LogP contribution in [0.2, 0.25) is 0 Å². The lowest BCUT2D eigenvalue weighted by Crippen LogP contribution is -2.09. The molecule has 2 rings (SSSR count). The van der Waals surface area contributed by atoms with Gasteiger partial charge in [-0.3, -0.25) is 4.58 Å². The van der Waals surface area contributed by atoms with Gasteiger partial charge in [0.15, 0.2) is 0 Å². The van der Waals surface area contributed by atoms with Crippen molar-refractivity contribution in [1.82, 2.24) is 15.0 Å². The maximum absolute atomic E-state index is 4.39. The Balaban J connectivity index is 2.37. The number of anilines is 1. The molecule has 5 nitrogen and oxygen atoms in total. The van der Waals surface area contributed by atoms with E-state index in [4.69, 9.17) is 0 Å². The van der Waals surface area contributed by atoms with E-state index in [0.29, 0.717) is 5.95 Å². The van der Waals surface area contributed by atoms with Crippen molar-refractivity contribution in [2.75, 3.05) is 19.4 Å². The molecule has 2 N–H and O–H groups in total. The third-order valence-electron chi connectivity index (χ3n) is 1.82. The Labute approximate surface area is 101 Å². The number of nitrogens with one attached hydrogen (secondary N) is 2. The van der Waals surface area contributed by atoms with Crippen LogP contribution in [0.1, 0.15) is 0 Å². The summed E-state index contributed by atoms with van der Waals surface area (Å²) in [4.78, 5) is 11.7. The van der Waals surface area contributed by atoms with Gasteiger partial charge in [-0.15, -0.1) is 0 Å². The fourth-order valence-electron chi connectivity index (χ4n) is 1.14. The highest BCUT2D eigenvalue weighted by Crippen LogP contribution is 2.17. The lowest BCUT2D eigenvalue weighted by atomic mass is 10.5. The minimum atomic E-state index is 0.605. The Morgan fingerprint density at radius 2 is 2.33 bits per heavy atom. The third-order valence-corrected chi connectivity index (χ3v) is 2.64. The number of hydrogen-bond acceptors (Lipinski definition) is 2. The van der Waals surface area contributed by atoms with Gasteiger partial charge in [0, 0.05) is 6.20 Å². The number of aromatic amines is 1. The molecule has 15 heavy (non-hydrogen) atoms. The monoisotopic (exact) mass is 316 g/mol. The zero-order valence-electron chi connectivity index (χ0n) is 8.45. The second-order valence-electron chi connectivity index (χ2n) is 3.33. The highest BCUT2D eigenvalue weighted by atomic mass is 127. The minimum absolute atomic E-state index is 0.605. The molecule has 2 aromatic rings. The zero-order chi connectivity index (χ0) is 10.8. The summed E-state index contributed by atoms with van der Waals surface area (Å²) in [5, 5.41) is 3.01. The van der Waals surface area contributed by atoms with Crippen LogP contribution in [-0.4, -0.2) is 40.0 Å². The van der Waals surface area contributed by atoms with Crippen molar-refractivity contribution in [3.63, 3.8) is 0 Å². The summed E-state index contributed by atoms with van der Waals surface area (Å²) in [7, 11) is 3.87. The third kappa shape index (κ3) is 2.25. The molecule has 2 heterocycles. The quantitative estimate of drug-likeness (QED) is 0.380. The van der Waals surface area contributed by atoms with E-state index in [-0.39, 0.29) is 0 Å². The van der Waals surface area contributed by atoms with E-state index in [2.05, 4.69) is 42.9 Å². The Morgan fingerprint density at radius 1 is 1.53 bits per heavy atom. The van der Waals surface area contributed by atoms with Crippen molar-refractivity contribution in [1.29, 1.82) is 0 Å². The number of nitrogens with zero attached hydrogens (tertiary/aromatic N) is 3. The van der Waals surface area contributed by atoms with E-state index in [1.807, 2.05) is 24.9 Å². The Bertz CT molecular complexity index is 512. The van der Waals surface area contributed by atoms with Crippen LogP contribution in [0.15, 0.2) is 12.4 Å². The Kier molecular flexibility index (Phi) is 2.85. The van der Waals surface area contributed by atoms with Gasteiger partial charge in [-0.25, -0.2) is 5.32 Å². The summed E-state index contributed by atoms with van der Waals surface area (Å²) < 4.78 is 2.99. The molecule has 0 amide bonds. The summed E-state index contributed by atoms with van der Waals surface area (Å²) in [5.41, 5.74) is 1.90. The topological polar surface area (TPSA) is 56.6 Å². The standard InChI is InChI=1S/C9H10IN5/c1-15(2)5-13-9-12-4-7-8(14-9)6(10)3-11-7/h3-5H,1-2H3,(H,11,12,14)/p+1. The van der Waals surface area contributed by atoms with Crippen molar-refractivity contribution >= 4 is 45.9 Å². The number of halogens is 1. The first-order valence-corrected chi connectivity index (χ1v) is 5.50. The van der Waals surface area contributed by atoms with Crippen molar-refractivity contribution in [3.8, 4) is 0 Å². The highest BCUT2D eigenvalue weighted by molar-refractivity contribution is 14.1. The predicted molar refractivity (Wildman–Crippen MR) is 68.4 cm³/mol. The molecule has 0 aliphatic carbocycles. The first-order chi connectivity index (χ1) is 7.16. The van der Waals surface area contributed by atoms with Gasteiger partial charge >= 0.3 is 5.95 Å². The first kappa shape index (κ1) is 10.3. The first-order valence-electron chi connectivity index (χ1n) is 4.43. The number of hydrogen-bond donors (Lipinski definition) is 2. The summed E-state index contributed by atoms with van der Waals surface area (Å²) in [6.07, 6.45) is 5.50. The lowest BCUT2D eigenvalue weighted by Gasteiger charge is -1.94. The van der Waals surface area contributed by atoms with Crippen LogP contribution in [-0.2, 0) is 0 Å². The van der Waals surface area contributed by atoms with Crippen LogP contribution < -0.4 is 5.32 Å². The van der Waals surface area contributed by atoms with Gasteiger partial charge in [-0.1, -0.05) is 0 Å². The molecule has 2 aromatic heterocycles. The molecular weight excluding hydrogens is 305 g/mol. The largest absolute Gasteiger partial charge is 0.358 e. The molecule has 0 saturated carbocycles. The highest BCUT2D eigenvalue weighted by Gasteiger charge is 2.06. The van der Waals surface area contributed by atoms with Crippen LogP contribution in [0, 0.1) is 3.57 Å². The summed E-state index contributed by atoms with van der Waals surface area (Å²) >= 11 is 2.24. The number of H-pyrrole nitrogens is 1. The zero-order valence-corrected chi connectivity index (χ0v) is 10.6. The van der Waals surface area contributed by atoms with Crippen LogP contribution in [0.25, 0.3) is 11.0 Å².